The molecule has 1 fully saturated rings. The summed E-state index contributed by atoms with van der Waals surface area (Å²) in [6.07, 6.45) is 3.87. The molecule has 1 aliphatic heterocycles. The van der Waals surface area contributed by atoms with Crippen molar-refractivity contribution in [2.24, 2.45) is 0 Å². The van der Waals surface area contributed by atoms with Gasteiger partial charge in [-0.2, -0.15) is 16.9 Å². The number of hydrogen-bond acceptors (Lipinski definition) is 3. The molecule has 2 rings (SSSR count). The second-order valence-electron chi connectivity index (χ2n) is 3.22. The first-order chi connectivity index (χ1) is 6.45. The van der Waals surface area contributed by atoms with Crippen LogP contribution in [0.25, 0.3) is 0 Å². The molecule has 0 bridgehead atoms. The number of rotatable bonds is 3. The molecule has 0 aliphatic carbocycles. The minimum Gasteiger partial charge on any atom is -0.300 e. The third-order valence-corrected chi connectivity index (χ3v) is 3.25. The Balaban J connectivity index is 1.72. The molecule has 0 aromatic carbocycles. The van der Waals surface area contributed by atoms with Crippen molar-refractivity contribution in [2.45, 2.75) is 6.54 Å². The smallest absolute Gasteiger partial charge is 0.0536 e. The first-order valence-electron chi connectivity index (χ1n) is 4.73. The van der Waals surface area contributed by atoms with Gasteiger partial charge in [-0.05, 0) is 6.07 Å². The van der Waals surface area contributed by atoms with Crippen molar-refractivity contribution >= 4 is 11.8 Å². The van der Waals surface area contributed by atoms with Crippen LogP contribution >= 0.6 is 11.8 Å². The highest BCUT2D eigenvalue weighted by Crippen LogP contribution is 2.08. The topological polar surface area (TPSA) is 21.1 Å². The summed E-state index contributed by atoms with van der Waals surface area (Å²) in [4.78, 5) is 2.51. The van der Waals surface area contributed by atoms with Crippen molar-refractivity contribution in [3.8, 4) is 0 Å². The zero-order chi connectivity index (χ0) is 8.93. The van der Waals surface area contributed by atoms with Gasteiger partial charge in [-0.25, -0.2) is 0 Å². The van der Waals surface area contributed by atoms with E-state index in [2.05, 4.69) is 21.8 Å². The highest BCUT2D eigenvalue weighted by Gasteiger charge is 2.09. The number of hydrogen-bond donors (Lipinski definition) is 0. The molecule has 1 aliphatic rings. The van der Waals surface area contributed by atoms with Crippen LogP contribution in [-0.4, -0.2) is 45.8 Å². The summed E-state index contributed by atoms with van der Waals surface area (Å²) >= 11 is 2.06. The third kappa shape index (κ3) is 2.74. The van der Waals surface area contributed by atoms with Crippen LogP contribution in [0.1, 0.15) is 0 Å². The van der Waals surface area contributed by atoms with E-state index >= 15 is 0 Å². The maximum Gasteiger partial charge on any atom is 0.0536 e. The van der Waals surface area contributed by atoms with E-state index in [1.807, 2.05) is 23.1 Å². The molecule has 0 atom stereocenters. The summed E-state index contributed by atoms with van der Waals surface area (Å²) in [6, 6.07) is 1.98. The molecule has 0 unspecified atom stereocenters. The lowest BCUT2D eigenvalue weighted by Crippen LogP contribution is -2.35. The average Bonchev–Trinajstić information content (AvgIpc) is 2.69. The fourth-order valence-electron chi connectivity index (χ4n) is 1.50. The Morgan fingerprint density at radius 3 is 2.77 bits per heavy atom. The van der Waals surface area contributed by atoms with E-state index in [4.69, 9.17) is 0 Å². The van der Waals surface area contributed by atoms with Crippen LogP contribution in [0.3, 0.4) is 0 Å². The minimum absolute atomic E-state index is 1.03. The van der Waals surface area contributed by atoms with Gasteiger partial charge in [0.05, 0.1) is 6.54 Å². The molecule has 72 valence electrons. The van der Waals surface area contributed by atoms with Gasteiger partial charge >= 0.3 is 0 Å². The van der Waals surface area contributed by atoms with E-state index in [9.17, 15) is 0 Å². The quantitative estimate of drug-likeness (QED) is 0.719. The number of thioether (sulfide) groups is 1. The molecule has 0 N–H and O–H groups in total. The summed E-state index contributed by atoms with van der Waals surface area (Å²) in [5.74, 6) is 2.58. The standard InChI is InChI=1S/C9H15N3S/c1-2-10-12(3-1)5-4-11-6-8-13-9-7-11/h1-3H,4-9H2. The Bertz CT molecular complexity index is 229. The third-order valence-electron chi connectivity index (χ3n) is 2.31. The maximum atomic E-state index is 4.19. The SMILES string of the molecule is c1cnn(CCN2CCSCC2)c1. The number of nitrogens with zero attached hydrogens (tertiary/aromatic N) is 3. The second kappa shape index (κ2) is 4.67. The Labute approximate surface area is 83.1 Å². The molecule has 1 aromatic heterocycles. The first kappa shape index (κ1) is 9.09. The van der Waals surface area contributed by atoms with Gasteiger partial charge < -0.3 is 0 Å². The van der Waals surface area contributed by atoms with Crippen molar-refractivity contribution in [1.29, 1.82) is 0 Å². The summed E-state index contributed by atoms with van der Waals surface area (Å²) in [5, 5.41) is 4.19. The normalized spacial score (nSPS) is 19.1. The summed E-state index contributed by atoms with van der Waals surface area (Å²) in [7, 11) is 0. The highest BCUT2D eigenvalue weighted by atomic mass is 32.2. The second-order valence-corrected chi connectivity index (χ2v) is 4.45. The molecular formula is C9H15N3S. The van der Waals surface area contributed by atoms with E-state index in [-0.39, 0.29) is 0 Å². The Kier molecular flexibility index (Phi) is 3.27. The van der Waals surface area contributed by atoms with Crippen molar-refractivity contribution < 1.29 is 0 Å². The van der Waals surface area contributed by atoms with Crippen LogP contribution < -0.4 is 0 Å². The Morgan fingerprint density at radius 1 is 1.23 bits per heavy atom. The van der Waals surface area contributed by atoms with Crippen LogP contribution in [0.15, 0.2) is 18.5 Å². The van der Waals surface area contributed by atoms with Crippen LogP contribution in [0.2, 0.25) is 0 Å². The molecule has 0 saturated carbocycles. The number of aromatic nitrogens is 2. The monoisotopic (exact) mass is 197 g/mol. The molecule has 0 spiro atoms. The highest BCUT2D eigenvalue weighted by molar-refractivity contribution is 7.99. The first-order valence-corrected chi connectivity index (χ1v) is 5.88. The van der Waals surface area contributed by atoms with Gasteiger partial charge in [0.1, 0.15) is 0 Å². The predicted molar refractivity (Wildman–Crippen MR) is 56.0 cm³/mol. The van der Waals surface area contributed by atoms with Gasteiger partial charge in [0.2, 0.25) is 0 Å². The predicted octanol–water partition coefficient (Wildman–Crippen LogP) is 0.932. The molecule has 1 aromatic rings. The summed E-state index contributed by atoms with van der Waals surface area (Å²) in [5.41, 5.74) is 0. The summed E-state index contributed by atoms with van der Waals surface area (Å²) < 4.78 is 2.00. The zero-order valence-corrected chi connectivity index (χ0v) is 8.54. The summed E-state index contributed by atoms with van der Waals surface area (Å²) in [6.45, 7) is 4.65. The maximum absolute atomic E-state index is 4.19. The van der Waals surface area contributed by atoms with E-state index in [0.717, 1.165) is 13.1 Å². The van der Waals surface area contributed by atoms with Gasteiger partial charge in [0.25, 0.3) is 0 Å². The molecular weight excluding hydrogens is 182 g/mol. The van der Waals surface area contributed by atoms with Crippen molar-refractivity contribution in [3.05, 3.63) is 18.5 Å². The fourth-order valence-corrected chi connectivity index (χ4v) is 2.48. The lowest BCUT2D eigenvalue weighted by Gasteiger charge is -2.25. The average molecular weight is 197 g/mol. The van der Waals surface area contributed by atoms with Crippen LogP contribution in [0.5, 0.6) is 0 Å². The zero-order valence-electron chi connectivity index (χ0n) is 7.72. The van der Waals surface area contributed by atoms with Gasteiger partial charge in [-0.1, -0.05) is 0 Å². The fraction of sp³-hybridized carbons (Fsp3) is 0.667. The van der Waals surface area contributed by atoms with E-state index in [1.54, 1.807) is 0 Å². The minimum atomic E-state index is 1.03. The lowest BCUT2D eigenvalue weighted by atomic mass is 10.4. The Hall–Kier alpha value is -0.480. The van der Waals surface area contributed by atoms with E-state index in [1.165, 1.54) is 24.6 Å². The van der Waals surface area contributed by atoms with Gasteiger partial charge in [-0.3, -0.25) is 9.58 Å². The molecule has 13 heavy (non-hydrogen) atoms. The van der Waals surface area contributed by atoms with E-state index < -0.39 is 0 Å². The van der Waals surface area contributed by atoms with Crippen molar-refractivity contribution in [3.63, 3.8) is 0 Å². The van der Waals surface area contributed by atoms with Crippen LogP contribution in [0, 0.1) is 0 Å². The van der Waals surface area contributed by atoms with Crippen LogP contribution in [-0.2, 0) is 6.54 Å². The Morgan fingerprint density at radius 2 is 2.08 bits per heavy atom. The molecule has 0 radical (unpaired) electrons. The molecule has 4 heteroatoms. The lowest BCUT2D eigenvalue weighted by molar-refractivity contribution is 0.284. The van der Waals surface area contributed by atoms with Crippen LogP contribution in [0.4, 0.5) is 0 Å². The van der Waals surface area contributed by atoms with Gasteiger partial charge in [0.15, 0.2) is 0 Å². The largest absolute Gasteiger partial charge is 0.300 e. The molecule has 0 amide bonds. The molecule has 1 saturated heterocycles. The van der Waals surface area contributed by atoms with Gasteiger partial charge in [0, 0.05) is 43.5 Å². The van der Waals surface area contributed by atoms with Crippen molar-refractivity contribution in [1.82, 2.24) is 14.7 Å². The molecule has 3 nitrogen and oxygen atoms in total. The molecule has 2 heterocycles. The van der Waals surface area contributed by atoms with E-state index in [0.29, 0.717) is 0 Å². The van der Waals surface area contributed by atoms with Crippen molar-refractivity contribution in [2.75, 3.05) is 31.1 Å². The van der Waals surface area contributed by atoms with Gasteiger partial charge in [-0.15, -0.1) is 0 Å².